The number of hydrogen-bond donors (Lipinski definition) is 0. The third-order valence-corrected chi connectivity index (χ3v) is 2.92. The molecule has 1 aromatic rings. The van der Waals surface area contributed by atoms with Gasteiger partial charge in [0.2, 0.25) is 0 Å². The van der Waals surface area contributed by atoms with Crippen molar-refractivity contribution in [2.24, 2.45) is 0 Å². The summed E-state index contributed by atoms with van der Waals surface area (Å²) in [6.07, 6.45) is 3.91. The van der Waals surface area contributed by atoms with Crippen LogP contribution in [0.5, 0.6) is 0 Å². The number of halogens is 1. The van der Waals surface area contributed by atoms with Crippen LogP contribution >= 0.6 is 11.6 Å². The summed E-state index contributed by atoms with van der Waals surface area (Å²) in [6.45, 7) is 6.90. The van der Waals surface area contributed by atoms with Gasteiger partial charge in [-0.3, -0.25) is 0 Å². The van der Waals surface area contributed by atoms with E-state index in [1.807, 2.05) is 12.1 Å². The van der Waals surface area contributed by atoms with Crippen molar-refractivity contribution in [2.45, 2.75) is 19.6 Å². The summed E-state index contributed by atoms with van der Waals surface area (Å²) in [4.78, 5) is 4.01. The first-order valence-electron chi connectivity index (χ1n) is 4.28. The molecule has 1 nitrogen and oxygen atoms in total. The molecule has 0 radical (unpaired) electrons. The highest BCUT2D eigenvalue weighted by atomic mass is 35.5. The number of hydrogen-bond acceptors (Lipinski definition) is 1. The first-order valence-corrected chi connectivity index (χ1v) is 8.24. The van der Waals surface area contributed by atoms with Gasteiger partial charge >= 0.3 is 0 Å². The van der Waals surface area contributed by atoms with Crippen molar-refractivity contribution in [1.82, 2.24) is 4.98 Å². The van der Waals surface area contributed by atoms with Crippen molar-refractivity contribution in [3.8, 4) is 0 Å². The van der Waals surface area contributed by atoms with Gasteiger partial charge in [-0.15, -0.1) is 0 Å². The Kier molecular flexibility index (Phi) is 3.28. The van der Waals surface area contributed by atoms with Crippen LogP contribution in [0.25, 0.3) is 6.08 Å². The van der Waals surface area contributed by atoms with E-state index in [4.69, 9.17) is 11.6 Å². The molecule has 0 aliphatic carbocycles. The Morgan fingerprint density at radius 3 is 2.46 bits per heavy atom. The molecule has 13 heavy (non-hydrogen) atoms. The van der Waals surface area contributed by atoms with E-state index in [-0.39, 0.29) is 0 Å². The molecule has 0 aliphatic rings. The Balaban J connectivity index is 2.75. The minimum absolute atomic E-state index is 0.546. The lowest BCUT2D eigenvalue weighted by atomic mass is 10.3. The summed E-state index contributed by atoms with van der Waals surface area (Å²) in [5.74, 6) is 0. The van der Waals surface area contributed by atoms with Crippen molar-refractivity contribution < 1.29 is 0 Å². The van der Waals surface area contributed by atoms with Crippen molar-refractivity contribution in [2.75, 3.05) is 0 Å². The van der Waals surface area contributed by atoms with E-state index < -0.39 is 8.07 Å². The Morgan fingerprint density at radius 1 is 1.31 bits per heavy atom. The molecule has 0 N–H and O–H groups in total. The fraction of sp³-hybridized carbons (Fsp3) is 0.300. The molecule has 0 saturated carbocycles. The van der Waals surface area contributed by atoms with Crippen LogP contribution in [0.15, 0.2) is 24.0 Å². The highest BCUT2D eigenvalue weighted by Gasteiger charge is 2.06. The molecule has 1 aromatic heterocycles. The summed E-state index contributed by atoms with van der Waals surface area (Å²) >= 11 is 5.68. The second-order valence-corrected chi connectivity index (χ2v) is 9.57. The van der Waals surface area contributed by atoms with Crippen molar-refractivity contribution in [3.63, 3.8) is 0 Å². The molecule has 3 heteroatoms. The van der Waals surface area contributed by atoms with E-state index in [0.29, 0.717) is 5.15 Å². The van der Waals surface area contributed by atoms with Crippen molar-refractivity contribution in [3.05, 3.63) is 34.7 Å². The molecule has 70 valence electrons. The van der Waals surface area contributed by atoms with Crippen LogP contribution in [0.4, 0.5) is 0 Å². The van der Waals surface area contributed by atoms with Gasteiger partial charge in [0.15, 0.2) is 0 Å². The summed E-state index contributed by atoms with van der Waals surface area (Å²) < 4.78 is 0. The molecular formula is C10H14ClNSi. The Morgan fingerprint density at radius 2 is 2.00 bits per heavy atom. The molecule has 0 unspecified atom stereocenters. The highest BCUT2D eigenvalue weighted by molar-refractivity contribution is 6.81. The van der Waals surface area contributed by atoms with E-state index in [0.717, 1.165) is 5.56 Å². The second kappa shape index (κ2) is 4.07. The maximum Gasteiger partial charge on any atom is 0.129 e. The topological polar surface area (TPSA) is 12.9 Å². The molecule has 0 aliphatic heterocycles. The largest absolute Gasteiger partial charge is 0.244 e. The van der Waals surface area contributed by atoms with Gasteiger partial charge in [0, 0.05) is 6.20 Å². The second-order valence-electron chi connectivity index (χ2n) is 4.11. The van der Waals surface area contributed by atoms with Gasteiger partial charge in [-0.05, 0) is 11.6 Å². The molecule has 1 rings (SSSR count). The minimum Gasteiger partial charge on any atom is -0.244 e. The number of rotatable bonds is 2. The van der Waals surface area contributed by atoms with Crippen LogP contribution in [-0.4, -0.2) is 13.1 Å². The van der Waals surface area contributed by atoms with Gasteiger partial charge in [-0.2, -0.15) is 0 Å². The average molecular weight is 212 g/mol. The summed E-state index contributed by atoms with van der Waals surface area (Å²) in [5.41, 5.74) is 3.41. The third kappa shape index (κ3) is 4.25. The molecular weight excluding hydrogens is 198 g/mol. The average Bonchev–Trinajstić information content (AvgIpc) is 2.02. The smallest absolute Gasteiger partial charge is 0.129 e. The molecule has 0 amide bonds. The van der Waals surface area contributed by atoms with Crippen LogP contribution in [0.1, 0.15) is 5.56 Å². The van der Waals surface area contributed by atoms with Crippen molar-refractivity contribution >= 4 is 25.8 Å². The van der Waals surface area contributed by atoms with E-state index in [2.05, 4.69) is 36.4 Å². The van der Waals surface area contributed by atoms with Crippen LogP contribution in [0.3, 0.4) is 0 Å². The maximum atomic E-state index is 5.68. The van der Waals surface area contributed by atoms with Gasteiger partial charge in [-0.25, -0.2) is 4.98 Å². The number of aromatic nitrogens is 1. The van der Waals surface area contributed by atoms with Crippen LogP contribution < -0.4 is 0 Å². The normalized spacial score (nSPS) is 12.3. The Bertz CT molecular complexity index is 298. The van der Waals surface area contributed by atoms with Gasteiger partial charge in [-0.1, -0.05) is 49.1 Å². The van der Waals surface area contributed by atoms with Gasteiger partial charge in [0.1, 0.15) is 5.15 Å². The van der Waals surface area contributed by atoms with Crippen LogP contribution in [0.2, 0.25) is 24.8 Å². The van der Waals surface area contributed by atoms with Crippen LogP contribution in [0, 0.1) is 0 Å². The predicted octanol–water partition coefficient (Wildman–Crippen LogP) is 3.63. The monoisotopic (exact) mass is 211 g/mol. The molecule has 1 heterocycles. The number of pyridine rings is 1. The molecule has 0 aromatic carbocycles. The zero-order chi connectivity index (χ0) is 9.90. The zero-order valence-electron chi connectivity index (χ0n) is 8.21. The van der Waals surface area contributed by atoms with Crippen LogP contribution in [-0.2, 0) is 0 Å². The minimum atomic E-state index is -1.09. The molecule has 0 atom stereocenters. The third-order valence-electron chi connectivity index (χ3n) is 1.53. The maximum absolute atomic E-state index is 5.68. The lowest BCUT2D eigenvalue weighted by Crippen LogP contribution is -2.15. The quantitative estimate of drug-likeness (QED) is 0.538. The lowest BCUT2D eigenvalue weighted by molar-refractivity contribution is 1.32. The van der Waals surface area contributed by atoms with Crippen molar-refractivity contribution in [1.29, 1.82) is 0 Å². The predicted molar refractivity (Wildman–Crippen MR) is 61.6 cm³/mol. The molecule has 0 fully saturated rings. The molecule has 0 spiro atoms. The fourth-order valence-electron chi connectivity index (χ4n) is 0.832. The van der Waals surface area contributed by atoms with E-state index in [1.165, 1.54) is 0 Å². The van der Waals surface area contributed by atoms with E-state index in [9.17, 15) is 0 Å². The summed E-state index contributed by atoms with van der Waals surface area (Å²) in [6, 6.07) is 3.79. The molecule has 0 saturated heterocycles. The van der Waals surface area contributed by atoms with Gasteiger partial charge in [0.05, 0.1) is 8.07 Å². The molecule has 0 bridgehead atoms. The van der Waals surface area contributed by atoms with Gasteiger partial charge in [0.25, 0.3) is 0 Å². The van der Waals surface area contributed by atoms with E-state index >= 15 is 0 Å². The van der Waals surface area contributed by atoms with Gasteiger partial charge < -0.3 is 0 Å². The SMILES string of the molecule is C[Si](C)(C)C=Cc1ccc(Cl)nc1. The Hall–Kier alpha value is -0.603. The first kappa shape index (κ1) is 10.5. The number of nitrogens with zero attached hydrogens (tertiary/aromatic N) is 1. The lowest BCUT2D eigenvalue weighted by Gasteiger charge is -2.07. The standard InChI is InChI=1S/C10H14ClNSi/c1-13(2,3)7-6-9-4-5-10(11)12-8-9/h4-8H,1-3H3. The first-order chi connectivity index (χ1) is 5.97. The fourth-order valence-corrected chi connectivity index (χ4v) is 1.64. The zero-order valence-corrected chi connectivity index (χ0v) is 9.97. The van der Waals surface area contributed by atoms with E-state index in [1.54, 1.807) is 6.20 Å². The summed E-state index contributed by atoms with van der Waals surface area (Å²) in [5, 5.41) is 0.546. The summed E-state index contributed by atoms with van der Waals surface area (Å²) in [7, 11) is -1.09. The highest BCUT2D eigenvalue weighted by Crippen LogP contribution is 2.09. The Labute approximate surface area is 85.5 Å².